The van der Waals surface area contributed by atoms with Gasteiger partial charge in [0.15, 0.2) is 5.65 Å². The van der Waals surface area contributed by atoms with Crippen LogP contribution in [0, 0.1) is 5.92 Å². The van der Waals surface area contributed by atoms with Crippen LogP contribution >= 0.6 is 0 Å². The van der Waals surface area contributed by atoms with Gasteiger partial charge in [0.05, 0.1) is 13.7 Å². The Balaban J connectivity index is 1.38. The lowest BCUT2D eigenvalue weighted by Gasteiger charge is -2.25. The van der Waals surface area contributed by atoms with Crippen LogP contribution in [0.4, 0.5) is 0 Å². The minimum absolute atomic E-state index is 0.119. The molecular weight excluding hydrogens is 320 g/mol. The molecule has 0 saturated heterocycles. The lowest BCUT2D eigenvalue weighted by atomic mass is 9.96. The number of methoxy groups -OCH3 is 1. The van der Waals surface area contributed by atoms with Crippen LogP contribution < -0.4 is 14.8 Å². The Labute approximate surface area is 144 Å². The molecule has 0 fully saturated rings. The standard InChI is InChI=1S/C18H18N4O3/c1-24-15-3-2-13-6-12(10-25-16(13)8-15)9-19-18(23)14-4-5-22-17(7-14)20-11-21-22/h2-5,7-8,11-12H,6,9-10H2,1H3,(H,19,23). The first-order valence-electron chi connectivity index (χ1n) is 8.10. The van der Waals surface area contributed by atoms with Crippen LogP contribution in [-0.4, -0.2) is 40.8 Å². The Morgan fingerprint density at radius 3 is 3.20 bits per heavy atom. The van der Waals surface area contributed by atoms with E-state index in [1.54, 1.807) is 30.0 Å². The molecule has 25 heavy (non-hydrogen) atoms. The number of nitrogens with one attached hydrogen (secondary N) is 1. The van der Waals surface area contributed by atoms with Crippen molar-refractivity contribution in [1.82, 2.24) is 19.9 Å². The van der Waals surface area contributed by atoms with Crippen molar-refractivity contribution in [3.05, 3.63) is 54.0 Å². The van der Waals surface area contributed by atoms with Gasteiger partial charge in [-0.15, -0.1) is 0 Å². The summed E-state index contributed by atoms with van der Waals surface area (Å²) in [4.78, 5) is 16.4. The van der Waals surface area contributed by atoms with Gasteiger partial charge < -0.3 is 14.8 Å². The van der Waals surface area contributed by atoms with Crippen molar-refractivity contribution in [2.45, 2.75) is 6.42 Å². The SMILES string of the molecule is COc1ccc2c(c1)OCC(CNC(=O)c1ccn3ncnc3c1)C2. The molecule has 7 heteroatoms. The van der Waals surface area contributed by atoms with Crippen molar-refractivity contribution < 1.29 is 14.3 Å². The summed E-state index contributed by atoms with van der Waals surface area (Å²) in [5.41, 5.74) is 2.36. The van der Waals surface area contributed by atoms with E-state index in [9.17, 15) is 4.79 Å². The number of pyridine rings is 1. The summed E-state index contributed by atoms with van der Waals surface area (Å²) < 4.78 is 12.6. The largest absolute Gasteiger partial charge is 0.497 e. The third-order valence-corrected chi connectivity index (χ3v) is 4.35. The molecule has 0 saturated carbocycles. The molecule has 1 atom stereocenters. The smallest absolute Gasteiger partial charge is 0.251 e. The molecule has 0 spiro atoms. The van der Waals surface area contributed by atoms with Gasteiger partial charge in [-0.3, -0.25) is 4.79 Å². The highest BCUT2D eigenvalue weighted by Gasteiger charge is 2.21. The monoisotopic (exact) mass is 338 g/mol. The van der Waals surface area contributed by atoms with E-state index in [4.69, 9.17) is 9.47 Å². The summed E-state index contributed by atoms with van der Waals surface area (Å²) in [6, 6.07) is 9.30. The molecule has 0 bridgehead atoms. The normalized spacial score (nSPS) is 16.1. The minimum Gasteiger partial charge on any atom is -0.497 e. The Morgan fingerprint density at radius 1 is 1.40 bits per heavy atom. The maximum Gasteiger partial charge on any atom is 0.251 e. The number of aromatic nitrogens is 3. The number of benzene rings is 1. The summed E-state index contributed by atoms with van der Waals surface area (Å²) in [7, 11) is 1.64. The van der Waals surface area contributed by atoms with Gasteiger partial charge in [0.25, 0.3) is 5.91 Å². The molecule has 7 nitrogen and oxygen atoms in total. The van der Waals surface area contributed by atoms with Gasteiger partial charge in [-0.25, -0.2) is 9.50 Å². The molecule has 3 heterocycles. The van der Waals surface area contributed by atoms with Crippen LogP contribution in [0.2, 0.25) is 0 Å². The van der Waals surface area contributed by atoms with E-state index in [2.05, 4.69) is 15.4 Å². The molecule has 4 rings (SSSR count). The second-order valence-electron chi connectivity index (χ2n) is 6.04. The molecule has 1 aliphatic heterocycles. The number of nitrogens with zero attached hydrogens (tertiary/aromatic N) is 3. The average Bonchev–Trinajstić information content (AvgIpc) is 3.13. The Kier molecular flexibility index (Phi) is 3.97. The molecule has 1 N–H and O–H groups in total. The number of hydrogen-bond donors (Lipinski definition) is 1. The molecule has 1 amide bonds. The lowest BCUT2D eigenvalue weighted by molar-refractivity contribution is 0.0939. The summed E-state index contributed by atoms with van der Waals surface area (Å²) in [5.74, 6) is 1.77. The topological polar surface area (TPSA) is 77.8 Å². The summed E-state index contributed by atoms with van der Waals surface area (Å²) >= 11 is 0. The van der Waals surface area contributed by atoms with Crippen molar-refractivity contribution in [2.24, 2.45) is 5.92 Å². The first-order chi connectivity index (χ1) is 12.2. The van der Waals surface area contributed by atoms with E-state index >= 15 is 0 Å². The first-order valence-corrected chi connectivity index (χ1v) is 8.10. The Bertz CT molecular complexity index is 922. The third kappa shape index (κ3) is 3.13. The fourth-order valence-corrected chi connectivity index (χ4v) is 2.97. The van der Waals surface area contributed by atoms with Crippen LogP contribution in [0.1, 0.15) is 15.9 Å². The van der Waals surface area contributed by atoms with E-state index < -0.39 is 0 Å². The zero-order valence-electron chi connectivity index (χ0n) is 13.8. The summed E-state index contributed by atoms with van der Waals surface area (Å²) in [5, 5.41) is 7.00. The zero-order valence-corrected chi connectivity index (χ0v) is 13.8. The molecule has 0 radical (unpaired) electrons. The van der Waals surface area contributed by atoms with Gasteiger partial charge >= 0.3 is 0 Å². The predicted molar refractivity (Wildman–Crippen MR) is 91.0 cm³/mol. The predicted octanol–water partition coefficient (Wildman–Crippen LogP) is 1.72. The zero-order chi connectivity index (χ0) is 17.2. The van der Waals surface area contributed by atoms with Crippen LogP contribution in [0.5, 0.6) is 11.5 Å². The van der Waals surface area contributed by atoms with Gasteiger partial charge in [0, 0.05) is 30.3 Å². The molecule has 0 aliphatic carbocycles. The van der Waals surface area contributed by atoms with Crippen molar-refractivity contribution in [1.29, 1.82) is 0 Å². The number of carbonyl (C=O) groups excluding carboxylic acids is 1. The number of rotatable bonds is 4. The van der Waals surface area contributed by atoms with E-state index in [1.807, 2.05) is 18.2 Å². The van der Waals surface area contributed by atoms with E-state index in [0.717, 1.165) is 23.5 Å². The summed E-state index contributed by atoms with van der Waals surface area (Å²) in [6.07, 6.45) is 4.05. The highest BCUT2D eigenvalue weighted by molar-refractivity contribution is 5.94. The lowest BCUT2D eigenvalue weighted by Crippen LogP contribution is -2.34. The van der Waals surface area contributed by atoms with E-state index in [1.165, 1.54) is 6.33 Å². The third-order valence-electron chi connectivity index (χ3n) is 4.35. The van der Waals surface area contributed by atoms with Gasteiger partial charge in [-0.05, 0) is 30.2 Å². The highest BCUT2D eigenvalue weighted by atomic mass is 16.5. The summed E-state index contributed by atoms with van der Waals surface area (Å²) in [6.45, 7) is 1.13. The maximum absolute atomic E-state index is 12.4. The number of ether oxygens (including phenoxy) is 2. The first kappa shape index (κ1) is 15.4. The van der Waals surface area contributed by atoms with E-state index in [0.29, 0.717) is 24.4 Å². The molecule has 2 aromatic heterocycles. The molecule has 1 aromatic carbocycles. The second-order valence-corrected chi connectivity index (χ2v) is 6.04. The second kappa shape index (κ2) is 6.43. The van der Waals surface area contributed by atoms with E-state index in [-0.39, 0.29) is 11.8 Å². The van der Waals surface area contributed by atoms with Gasteiger partial charge in [-0.1, -0.05) is 6.07 Å². The fourth-order valence-electron chi connectivity index (χ4n) is 2.97. The van der Waals surface area contributed by atoms with Crippen LogP contribution in [0.15, 0.2) is 42.9 Å². The van der Waals surface area contributed by atoms with Gasteiger partial charge in [0.2, 0.25) is 0 Å². The molecule has 1 unspecified atom stereocenters. The highest BCUT2D eigenvalue weighted by Crippen LogP contribution is 2.30. The van der Waals surface area contributed by atoms with Gasteiger partial charge in [-0.2, -0.15) is 5.10 Å². The number of amides is 1. The van der Waals surface area contributed by atoms with Crippen molar-refractivity contribution in [2.75, 3.05) is 20.3 Å². The number of carbonyl (C=O) groups is 1. The molecule has 128 valence electrons. The van der Waals surface area contributed by atoms with Crippen molar-refractivity contribution in [3.8, 4) is 11.5 Å². The van der Waals surface area contributed by atoms with Crippen molar-refractivity contribution >= 4 is 11.6 Å². The minimum atomic E-state index is -0.119. The maximum atomic E-state index is 12.4. The van der Waals surface area contributed by atoms with Gasteiger partial charge in [0.1, 0.15) is 17.8 Å². The molecule has 3 aromatic rings. The number of fused-ring (bicyclic) bond motifs is 2. The average molecular weight is 338 g/mol. The number of hydrogen-bond acceptors (Lipinski definition) is 5. The van der Waals surface area contributed by atoms with Crippen molar-refractivity contribution in [3.63, 3.8) is 0 Å². The quantitative estimate of drug-likeness (QED) is 0.784. The molecule has 1 aliphatic rings. The molecular formula is C18H18N4O3. The Hall–Kier alpha value is -3.09. The Morgan fingerprint density at radius 2 is 2.32 bits per heavy atom. The van der Waals surface area contributed by atoms with Crippen LogP contribution in [0.3, 0.4) is 0 Å². The van der Waals surface area contributed by atoms with Crippen LogP contribution in [0.25, 0.3) is 5.65 Å². The fraction of sp³-hybridized carbons (Fsp3) is 0.278. The van der Waals surface area contributed by atoms with Crippen LogP contribution in [-0.2, 0) is 6.42 Å².